The molecule has 3 nitrogen and oxygen atoms in total. The first-order valence-corrected chi connectivity index (χ1v) is 6.23. The first kappa shape index (κ1) is 14.0. The van der Waals surface area contributed by atoms with Gasteiger partial charge in [0.15, 0.2) is 0 Å². The van der Waals surface area contributed by atoms with Gasteiger partial charge in [-0.1, -0.05) is 0 Å². The van der Waals surface area contributed by atoms with Crippen molar-refractivity contribution in [3.8, 4) is 5.75 Å². The number of hydrogen-bond donors (Lipinski definition) is 2. The van der Waals surface area contributed by atoms with Gasteiger partial charge in [0.2, 0.25) is 0 Å². The summed E-state index contributed by atoms with van der Waals surface area (Å²) in [6.45, 7) is 1.68. The van der Waals surface area contributed by atoms with E-state index in [1.54, 1.807) is 0 Å². The van der Waals surface area contributed by atoms with Crippen LogP contribution in [0, 0.1) is 0 Å². The fourth-order valence-corrected chi connectivity index (χ4v) is 2.18. The van der Waals surface area contributed by atoms with Crippen LogP contribution in [0.5, 0.6) is 5.75 Å². The van der Waals surface area contributed by atoms with Crippen molar-refractivity contribution in [3.63, 3.8) is 0 Å². The van der Waals surface area contributed by atoms with Gasteiger partial charge in [-0.15, -0.1) is 0 Å². The maximum atomic E-state index is 12.6. The molecule has 106 valence electrons. The van der Waals surface area contributed by atoms with Crippen LogP contribution in [0.15, 0.2) is 18.2 Å². The Kier molecular flexibility index (Phi) is 4.19. The van der Waals surface area contributed by atoms with Crippen LogP contribution in [-0.4, -0.2) is 26.2 Å². The summed E-state index contributed by atoms with van der Waals surface area (Å²) >= 11 is 0. The van der Waals surface area contributed by atoms with Gasteiger partial charge in [0.05, 0.1) is 18.4 Å². The number of halogens is 3. The van der Waals surface area contributed by atoms with Crippen LogP contribution in [0.1, 0.15) is 18.4 Å². The number of methoxy groups -OCH3 is 1. The lowest BCUT2D eigenvalue weighted by atomic mass is 10.1. The highest BCUT2D eigenvalue weighted by Crippen LogP contribution is 2.35. The van der Waals surface area contributed by atoms with Gasteiger partial charge in [0.25, 0.3) is 0 Å². The highest BCUT2D eigenvalue weighted by atomic mass is 19.4. The molecular weight excluding hydrogens is 257 g/mol. The maximum absolute atomic E-state index is 12.6. The molecule has 1 aromatic carbocycles. The van der Waals surface area contributed by atoms with Crippen molar-refractivity contribution >= 4 is 5.69 Å². The van der Waals surface area contributed by atoms with Gasteiger partial charge in [-0.25, -0.2) is 0 Å². The number of benzene rings is 1. The van der Waals surface area contributed by atoms with Crippen LogP contribution in [-0.2, 0) is 6.18 Å². The Balaban J connectivity index is 2.07. The molecule has 0 aliphatic carbocycles. The molecule has 1 aliphatic rings. The van der Waals surface area contributed by atoms with Crippen molar-refractivity contribution < 1.29 is 17.9 Å². The van der Waals surface area contributed by atoms with Gasteiger partial charge in [0.1, 0.15) is 5.75 Å². The summed E-state index contributed by atoms with van der Waals surface area (Å²) in [6.07, 6.45) is -2.13. The van der Waals surface area contributed by atoms with Gasteiger partial charge < -0.3 is 15.4 Å². The van der Waals surface area contributed by atoms with Crippen LogP contribution < -0.4 is 15.4 Å². The minimum atomic E-state index is -4.35. The number of alkyl halides is 3. The Morgan fingerprint density at radius 2 is 2.21 bits per heavy atom. The largest absolute Gasteiger partial charge is 0.495 e. The Labute approximate surface area is 110 Å². The summed E-state index contributed by atoms with van der Waals surface area (Å²) in [5.74, 6) is 0.216. The summed E-state index contributed by atoms with van der Waals surface area (Å²) in [5, 5.41) is 6.45. The van der Waals surface area contributed by atoms with Crippen molar-refractivity contribution in [2.45, 2.75) is 25.1 Å². The van der Waals surface area contributed by atoms with Gasteiger partial charge in [-0.05, 0) is 37.6 Å². The van der Waals surface area contributed by atoms with E-state index in [-0.39, 0.29) is 5.75 Å². The average Bonchev–Trinajstić information content (AvgIpc) is 2.88. The fraction of sp³-hybridized carbons (Fsp3) is 0.538. The molecule has 0 bridgehead atoms. The van der Waals surface area contributed by atoms with Gasteiger partial charge in [-0.3, -0.25) is 0 Å². The molecule has 1 saturated heterocycles. The number of hydrogen-bond acceptors (Lipinski definition) is 3. The Bertz CT molecular complexity index is 428. The van der Waals surface area contributed by atoms with E-state index in [2.05, 4.69) is 10.6 Å². The number of anilines is 1. The molecule has 1 heterocycles. The zero-order valence-electron chi connectivity index (χ0n) is 10.7. The Hall–Kier alpha value is -1.43. The molecule has 0 aromatic heterocycles. The van der Waals surface area contributed by atoms with Gasteiger partial charge in [-0.2, -0.15) is 13.2 Å². The SMILES string of the molecule is COc1cc(C(F)(F)F)ccc1NCC1CCCN1. The maximum Gasteiger partial charge on any atom is 0.416 e. The van der Waals surface area contributed by atoms with E-state index in [9.17, 15) is 13.2 Å². The predicted octanol–water partition coefficient (Wildman–Crippen LogP) is 2.88. The van der Waals surface area contributed by atoms with E-state index in [1.807, 2.05) is 0 Å². The standard InChI is InChI=1S/C13H17F3N2O/c1-19-12-7-9(13(14,15)16)4-5-11(12)18-8-10-3-2-6-17-10/h4-5,7,10,17-18H,2-3,6,8H2,1H3. The summed E-state index contributed by atoms with van der Waals surface area (Å²) in [7, 11) is 1.37. The fourth-order valence-electron chi connectivity index (χ4n) is 2.18. The second-order valence-electron chi connectivity index (χ2n) is 4.59. The number of nitrogens with one attached hydrogen (secondary N) is 2. The quantitative estimate of drug-likeness (QED) is 0.885. The van der Waals surface area contributed by atoms with E-state index >= 15 is 0 Å². The van der Waals surface area contributed by atoms with E-state index in [1.165, 1.54) is 13.2 Å². The molecule has 1 aromatic rings. The van der Waals surface area contributed by atoms with Crippen LogP contribution in [0.4, 0.5) is 18.9 Å². The van der Waals surface area contributed by atoms with E-state index in [4.69, 9.17) is 4.74 Å². The molecule has 2 N–H and O–H groups in total. The molecule has 19 heavy (non-hydrogen) atoms. The summed E-state index contributed by atoms with van der Waals surface area (Å²) < 4.78 is 42.8. The minimum absolute atomic E-state index is 0.216. The number of ether oxygens (including phenoxy) is 1. The molecule has 0 spiro atoms. The lowest BCUT2D eigenvalue weighted by Crippen LogP contribution is -2.29. The van der Waals surface area contributed by atoms with Crippen molar-refractivity contribution in [1.29, 1.82) is 0 Å². The molecule has 0 saturated carbocycles. The zero-order valence-corrected chi connectivity index (χ0v) is 10.7. The molecule has 1 atom stereocenters. The highest BCUT2D eigenvalue weighted by Gasteiger charge is 2.31. The molecule has 1 fully saturated rings. The molecule has 2 rings (SSSR count). The van der Waals surface area contributed by atoms with Crippen molar-refractivity contribution in [2.24, 2.45) is 0 Å². The van der Waals surface area contributed by atoms with E-state index in [0.29, 0.717) is 18.3 Å². The van der Waals surface area contributed by atoms with Crippen molar-refractivity contribution in [1.82, 2.24) is 5.32 Å². The minimum Gasteiger partial charge on any atom is -0.495 e. The smallest absolute Gasteiger partial charge is 0.416 e. The summed E-state index contributed by atoms with van der Waals surface area (Å²) in [4.78, 5) is 0. The first-order chi connectivity index (χ1) is 9.00. The second-order valence-corrected chi connectivity index (χ2v) is 4.59. The molecule has 1 aliphatic heterocycles. The lowest BCUT2D eigenvalue weighted by molar-refractivity contribution is -0.137. The van der Waals surface area contributed by atoms with Gasteiger partial charge in [0, 0.05) is 12.6 Å². The third-order valence-electron chi connectivity index (χ3n) is 3.23. The summed E-state index contributed by atoms with van der Waals surface area (Å²) in [5.41, 5.74) is -0.113. The third kappa shape index (κ3) is 3.53. The van der Waals surface area contributed by atoms with Crippen LogP contribution in [0.2, 0.25) is 0 Å². The Morgan fingerprint density at radius 1 is 1.42 bits per heavy atom. The van der Waals surface area contributed by atoms with Crippen LogP contribution in [0.3, 0.4) is 0 Å². The molecule has 0 amide bonds. The van der Waals surface area contributed by atoms with E-state index < -0.39 is 11.7 Å². The van der Waals surface area contributed by atoms with Crippen molar-refractivity contribution in [2.75, 3.05) is 25.5 Å². The lowest BCUT2D eigenvalue weighted by Gasteiger charge is -2.16. The zero-order chi connectivity index (χ0) is 13.9. The Morgan fingerprint density at radius 3 is 2.79 bits per heavy atom. The molecular formula is C13H17F3N2O. The van der Waals surface area contributed by atoms with Crippen LogP contribution in [0.25, 0.3) is 0 Å². The second kappa shape index (κ2) is 5.69. The molecule has 6 heteroatoms. The van der Waals surface area contributed by atoms with E-state index in [0.717, 1.165) is 31.5 Å². The monoisotopic (exact) mass is 274 g/mol. The number of rotatable bonds is 4. The van der Waals surface area contributed by atoms with Crippen LogP contribution >= 0.6 is 0 Å². The highest BCUT2D eigenvalue weighted by molar-refractivity contribution is 5.58. The molecule has 0 radical (unpaired) electrons. The molecule has 1 unspecified atom stereocenters. The van der Waals surface area contributed by atoms with Gasteiger partial charge >= 0.3 is 6.18 Å². The summed E-state index contributed by atoms with van der Waals surface area (Å²) in [6, 6.07) is 3.86. The van der Waals surface area contributed by atoms with Crippen molar-refractivity contribution in [3.05, 3.63) is 23.8 Å². The topological polar surface area (TPSA) is 33.3 Å². The first-order valence-electron chi connectivity index (χ1n) is 6.23. The normalized spacial score (nSPS) is 19.5. The predicted molar refractivity (Wildman–Crippen MR) is 67.5 cm³/mol. The average molecular weight is 274 g/mol. The third-order valence-corrected chi connectivity index (χ3v) is 3.23.